The van der Waals surface area contributed by atoms with E-state index in [1.54, 1.807) is 10.8 Å². The maximum absolute atomic E-state index is 2.92. The predicted octanol–water partition coefficient (Wildman–Crippen LogP) is 4.53. The van der Waals surface area contributed by atoms with E-state index in [-0.39, 0.29) is 0 Å². The van der Waals surface area contributed by atoms with Gasteiger partial charge in [-0.15, -0.1) is 0 Å². The third kappa shape index (κ3) is 4.08. The van der Waals surface area contributed by atoms with Crippen LogP contribution >= 0.6 is 0 Å². The first kappa shape index (κ1) is 20.1. The second-order valence-corrected chi connectivity index (χ2v) is 15.2. The molecular formula is C17H39NSi2. The van der Waals surface area contributed by atoms with E-state index in [1.165, 1.54) is 16.8 Å². The van der Waals surface area contributed by atoms with Gasteiger partial charge < -0.3 is 4.57 Å². The zero-order valence-electron chi connectivity index (χ0n) is 16.0. The highest BCUT2D eigenvalue weighted by Gasteiger charge is 2.48. The molecule has 20 heavy (non-hydrogen) atoms. The zero-order chi connectivity index (χ0) is 16.2. The molecule has 120 valence electrons. The van der Waals surface area contributed by atoms with Crippen LogP contribution in [0.4, 0.5) is 0 Å². The fourth-order valence-electron chi connectivity index (χ4n) is 4.18. The van der Waals surface area contributed by atoms with Gasteiger partial charge in [-0.3, -0.25) is 0 Å². The van der Waals surface area contributed by atoms with Crippen molar-refractivity contribution in [3.8, 4) is 0 Å². The topological polar surface area (TPSA) is 3.24 Å². The lowest BCUT2D eigenvalue weighted by Crippen LogP contribution is -2.62. The molecule has 3 heteroatoms. The fraction of sp³-hybridized carbons (Fsp3) is 0.882. The molecule has 0 rings (SSSR count). The van der Waals surface area contributed by atoms with Gasteiger partial charge in [-0.2, -0.15) is 0 Å². The van der Waals surface area contributed by atoms with Gasteiger partial charge in [-0.25, -0.2) is 0 Å². The standard InChI is InChI=1S/C17H39NSi2/c1-12(2)18(11-16(9)17(10)19)20(13(3)4,14(5)6)15(7)8/h12-15H,11H2,1-10,19H3. The van der Waals surface area contributed by atoms with Crippen LogP contribution in [0.2, 0.25) is 16.6 Å². The molecule has 0 radical (unpaired) electrons. The number of nitrogens with zero attached hydrogens (tertiary/aromatic N) is 1. The Balaban J connectivity index is 5.86. The summed E-state index contributed by atoms with van der Waals surface area (Å²) in [6.45, 7) is 25.4. The minimum Gasteiger partial charge on any atom is -0.317 e. The van der Waals surface area contributed by atoms with Crippen molar-refractivity contribution in [1.82, 2.24) is 4.57 Å². The maximum Gasteiger partial charge on any atom is 0.136 e. The van der Waals surface area contributed by atoms with Gasteiger partial charge in [-0.1, -0.05) is 66.2 Å². The largest absolute Gasteiger partial charge is 0.317 e. The van der Waals surface area contributed by atoms with Gasteiger partial charge in [0.2, 0.25) is 0 Å². The van der Waals surface area contributed by atoms with Crippen LogP contribution in [-0.4, -0.2) is 35.6 Å². The smallest absolute Gasteiger partial charge is 0.136 e. The Morgan fingerprint density at radius 1 is 0.850 bits per heavy atom. The lowest BCUT2D eigenvalue weighted by Gasteiger charge is -2.53. The molecule has 0 aliphatic heterocycles. The second kappa shape index (κ2) is 7.95. The first-order valence-corrected chi connectivity index (χ1v) is 11.6. The molecule has 0 aliphatic rings. The lowest BCUT2D eigenvalue weighted by molar-refractivity contribution is 0.350. The minimum atomic E-state index is -1.51. The van der Waals surface area contributed by atoms with Crippen LogP contribution in [0.3, 0.4) is 0 Å². The molecule has 0 spiro atoms. The van der Waals surface area contributed by atoms with Crippen LogP contribution < -0.4 is 0 Å². The summed E-state index contributed by atoms with van der Waals surface area (Å²) >= 11 is 0. The highest BCUT2D eigenvalue weighted by molar-refractivity contribution is 6.81. The first-order valence-electron chi connectivity index (χ1n) is 8.39. The van der Waals surface area contributed by atoms with Gasteiger partial charge in [-0.05, 0) is 36.5 Å². The summed E-state index contributed by atoms with van der Waals surface area (Å²) in [5.41, 5.74) is 4.01. The number of rotatable bonds is 7. The Hall–Kier alpha value is 0.134. The van der Waals surface area contributed by atoms with Crippen LogP contribution in [0.15, 0.2) is 10.8 Å². The highest BCUT2D eigenvalue weighted by atomic mass is 28.3. The summed E-state index contributed by atoms with van der Waals surface area (Å²) in [4.78, 5) is 0. The monoisotopic (exact) mass is 313 g/mol. The summed E-state index contributed by atoms with van der Waals surface area (Å²) in [6.07, 6.45) is 0. The van der Waals surface area contributed by atoms with E-state index in [4.69, 9.17) is 0 Å². The Kier molecular flexibility index (Phi) is 8.00. The van der Waals surface area contributed by atoms with Crippen LogP contribution in [0.1, 0.15) is 69.2 Å². The lowest BCUT2D eigenvalue weighted by atomic mass is 10.2. The SMILES string of the molecule is CC([SiH3])=C(C)CN(C(C)C)[Si](C(C)C)(C(C)C)C(C)C. The summed E-state index contributed by atoms with van der Waals surface area (Å²) in [6, 6.07) is 0.643. The highest BCUT2D eigenvalue weighted by Crippen LogP contribution is 2.45. The van der Waals surface area contributed by atoms with Crippen molar-refractivity contribution >= 4 is 18.5 Å². The molecule has 1 nitrogen and oxygen atoms in total. The quantitative estimate of drug-likeness (QED) is 0.624. The molecule has 0 bridgehead atoms. The predicted molar refractivity (Wildman–Crippen MR) is 101 cm³/mol. The summed E-state index contributed by atoms with van der Waals surface area (Å²) in [7, 11) is -0.316. The van der Waals surface area contributed by atoms with E-state index in [9.17, 15) is 0 Å². The molecule has 0 fully saturated rings. The molecule has 0 N–H and O–H groups in total. The van der Waals surface area contributed by atoms with E-state index in [0.717, 1.165) is 16.6 Å². The van der Waals surface area contributed by atoms with Crippen molar-refractivity contribution in [2.75, 3.05) is 6.54 Å². The van der Waals surface area contributed by atoms with Gasteiger partial charge in [0.15, 0.2) is 0 Å². The average molecular weight is 314 g/mol. The molecular weight excluding hydrogens is 274 g/mol. The third-order valence-corrected chi connectivity index (χ3v) is 13.2. The number of hydrogen-bond donors (Lipinski definition) is 0. The normalized spacial score (nSPS) is 15.2. The van der Waals surface area contributed by atoms with Gasteiger partial charge in [0, 0.05) is 16.8 Å². The van der Waals surface area contributed by atoms with E-state index in [0.29, 0.717) is 6.04 Å². The van der Waals surface area contributed by atoms with Gasteiger partial charge in [0.05, 0.1) is 0 Å². The molecule has 0 unspecified atom stereocenters. The van der Waals surface area contributed by atoms with Crippen molar-refractivity contribution in [2.24, 2.45) is 0 Å². The maximum atomic E-state index is 2.92. The van der Waals surface area contributed by atoms with Crippen LogP contribution in [0.5, 0.6) is 0 Å². The Morgan fingerprint density at radius 2 is 1.20 bits per heavy atom. The molecule has 0 amide bonds. The zero-order valence-corrected chi connectivity index (χ0v) is 19.0. The molecule has 0 aromatic heterocycles. The third-order valence-electron chi connectivity index (χ3n) is 5.16. The Bertz CT molecular complexity index is 304. The van der Waals surface area contributed by atoms with E-state index in [2.05, 4.69) is 73.8 Å². The van der Waals surface area contributed by atoms with E-state index in [1.807, 2.05) is 0 Å². The second-order valence-electron chi connectivity index (χ2n) is 7.85. The molecule has 0 aromatic carbocycles. The minimum absolute atomic E-state index is 0.643. The van der Waals surface area contributed by atoms with Crippen LogP contribution in [0.25, 0.3) is 0 Å². The first-order chi connectivity index (χ1) is 8.99. The number of hydrogen-bond acceptors (Lipinski definition) is 1. The van der Waals surface area contributed by atoms with Crippen molar-refractivity contribution in [2.45, 2.75) is 91.9 Å². The van der Waals surface area contributed by atoms with Crippen molar-refractivity contribution in [3.05, 3.63) is 10.8 Å². The van der Waals surface area contributed by atoms with Crippen LogP contribution in [0, 0.1) is 0 Å². The van der Waals surface area contributed by atoms with Gasteiger partial charge in [0.25, 0.3) is 0 Å². The van der Waals surface area contributed by atoms with E-state index >= 15 is 0 Å². The summed E-state index contributed by atoms with van der Waals surface area (Å²) in [5.74, 6) is 0. The van der Waals surface area contributed by atoms with E-state index < -0.39 is 8.24 Å². The average Bonchev–Trinajstić information content (AvgIpc) is 2.26. The molecule has 0 heterocycles. The molecule has 0 aromatic rings. The van der Waals surface area contributed by atoms with Gasteiger partial charge in [0.1, 0.15) is 8.24 Å². The van der Waals surface area contributed by atoms with Crippen LogP contribution in [-0.2, 0) is 0 Å². The van der Waals surface area contributed by atoms with Crippen molar-refractivity contribution < 1.29 is 0 Å². The summed E-state index contributed by atoms with van der Waals surface area (Å²) < 4.78 is 2.92. The van der Waals surface area contributed by atoms with Crippen molar-refractivity contribution in [3.63, 3.8) is 0 Å². The molecule has 0 aliphatic carbocycles. The molecule has 0 saturated heterocycles. The summed E-state index contributed by atoms with van der Waals surface area (Å²) in [5, 5.41) is 1.62. The van der Waals surface area contributed by atoms with Gasteiger partial charge >= 0.3 is 0 Å². The molecule has 0 atom stereocenters. The molecule has 0 saturated carbocycles. The Labute approximate surface area is 132 Å². The Morgan fingerprint density at radius 3 is 1.40 bits per heavy atom. The van der Waals surface area contributed by atoms with Crippen molar-refractivity contribution in [1.29, 1.82) is 0 Å². The number of allylic oxidation sites excluding steroid dienone is 1. The fourth-order valence-corrected chi connectivity index (χ4v) is 11.7.